The summed E-state index contributed by atoms with van der Waals surface area (Å²) in [5.74, 6) is 2.19. The van der Waals surface area contributed by atoms with Gasteiger partial charge in [-0.15, -0.1) is 0 Å². The summed E-state index contributed by atoms with van der Waals surface area (Å²) in [5.41, 5.74) is 1.30. The van der Waals surface area contributed by atoms with E-state index in [1.807, 2.05) is 12.1 Å². The minimum absolute atomic E-state index is 0.123. The van der Waals surface area contributed by atoms with Gasteiger partial charge >= 0.3 is 0 Å². The standard InChI is InChI=1S/C21H34N4O2/c1-16(17-8-10-19(27-3)11-9-17)12-14-23-21(22-2)24-15-13-20(26)25-18-6-4-5-7-18/h8-11,16,18H,4-7,12-15H2,1-3H3,(H,25,26)(H2,22,23,24). The van der Waals surface area contributed by atoms with Crippen LogP contribution in [-0.2, 0) is 4.79 Å². The molecule has 1 aromatic carbocycles. The summed E-state index contributed by atoms with van der Waals surface area (Å²) in [7, 11) is 3.43. The van der Waals surface area contributed by atoms with Gasteiger partial charge in [0.2, 0.25) is 5.91 Å². The van der Waals surface area contributed by atoms with Gasteiger partial charge in [-0.05, 0) is 42.9 Å². The number of hydrogen-bond donors (Lipinski definition) is 3. The fourth-order valence-corrected chi connectivity index (χ4v) is 3.39. The van der Waals surface area contributed by atoms with Crippen LogP contribution in [0.2, 0.25) is 0 Å². The van der Waals surface area contributed by atoms with Crippen molar-refractivity contribution in [3.05, 3.63) is 29.8 Å². The molecule has 0 bridgehead atoms. The predicted molar refractivity (Wildman–Crippen MR) is 110 cm³/mol. The van der Waals surface area contributed by atoms with Gasteiger partial charge in [0.1, 0.15) is 5.75 Å². The number of guanidine groups is 1. The summed E-state index contributed by atoms with van der Waals surface area (Å²) >= 11 is 0. The first-order valence-corrected chi connectivity index (χ1v) is 10.00. The second-order valence-corrected chi connectivity index (χ2v) is 7.19. The number of rotatable bonds is 9. The Kier molecular flexibility index (Phi) is 8.95. The summed E-state index contributed by atoms with van der Waals surface area (Å²) in [4.78, 5) is 16.2. The SMILES string of the molecule is CN=C(NCCC(=O)NC1CCCC1)NCCC(C)c1ccc(OC)cc1. The number of amides is 1. The molecule has 0 aliphatic heterocycles. The van der Waals surface area contributed by atoms with Crippen LogP contribution in [-0.4, -0.2) is 45.2 Å². The van der Waals surface area contributed by atoms with Crippen LogP contribution in [0.25, 0.3) is 0 Å². The predicted octanol–water partition coefficient (Wildman–Crippen LogP) is 2.80. The zero-order valence-corrected chi connectivity index (χ0v) is 16.9. The molecule has 1 amide bonds. The van der Waals surface area contributed by atoms with E-state index in [4.69, 9.17) is 4.74 Å². The first-order chi connectivity index (χ1) is 13.1. The third-order valence-electron chi connectivity index (χ3n) is 5.14. The second-order valence-electron chi connectivity index (χ2n) is 7.19. The maximum absolute atomic E-state index is 12.0. The fourth-order valence-electron chi connectivity index (χ4n) is 3.39. The molecule has 1 aliphatic carbocycles. The average Bonchev–Trinajstić information content (AvgIpc) is 3.19. The summed E-state index contributed by atoms with van der Waals surface area (Å²) in [6.07, 6.45) is 6.17. The molecule has 1 atom stereocenters. The Hall–Kier alpha value is -2.24. The van der Waals surface area contributed by atoms with Crippen molar-refractivity contribution in [2.45, 2.75) is 57.4 Å². The van der Waals surface area contributed by atoms with Crippen molar-refractivity contribution in [1.29, 1.82) is 0 Å². The van der Waals surface area contributed by atoms with Crippen LogP contribution in [0.4, 0.5) is 0 Å². The Balaban J connectivity index is 1.62. The summed E-state index contributed by atoms with van der Waals surface area (Å²) in [5, 5.41) is 9.64. The van der Waals surface area contributed by atoms with Gasteiger partial charge in [-0.1, -0.05) is 31.9 Å². The van der Waals surface area contributed by atoms with Gasteiger partial charge < -0.3 is 20.7 Å². The van der Waals surface area contributed by atoms with Crippen molar-refractivity contribution >= 4 is 11.9 Å². The number of hydrogen-bond acceptors (Lipinski definition) is 3. The molecule has 1 unspecified atom stereocenters. The van der Waals surface area contributed by atoms with Crippen LogP contribution >= 0.6 is 0 Å². The van der Waals surface area contributed by atoms with Crippen LogP contribution < -0.4 is 20.7 Å². The van der Waals surface area contributed by atoms with E-state index < -0.39 is 0 Å². The van der Waals surface area contributed by atoms with Gasteiger partial charge in [0.15, 0.2) is 5.96 Å². The van der Waals surface area contributed by atoms with E-state index in [-0.39, 0.29) is 5.91 Å². The highest BCUT2D eigenvalue weighted by atomic mass is 16.5. The Bertz CT molecular complexity index is 595. The van der Waals surface area contributed by atoms with Gasteiger partial charge in [0.25, 0.3) is 0 Å². The zero-order chi connectivity index (χ0) is 19.5. The highest BCUT2D eigenvalue weighted by Gasteiger charge is 2.16. The Labute approximate surface area is 163 Å². The molecule has 6 nitrogen and oxygen atoms in total. The molecule has 3 N–H and O–H groups in total. The number of aliphatic imine (C=N–C) groups is 1. The number of methoxy groups -OCH3 is 1. The number of carbonyl (C=O) groups excluding carboxylic acids is 1. The van der Waals surface area contributed by atoms with Gasteiger partial charge in [-0.25, -0.2) is 0 Å². The zero-order valence-electron chi connectivity index (χ0n) is 16.9. The molecule has 1 aliphatic rings. The minimum Gasteiger partial charge on any atom is -0.497 e. The van der Waals surface area contributed by atoms with E-state index in [1.165, 1.54) is 18.4 Å². The number of nitrogens with one attached hydrogen (secondary N) is 3. The van der Waals surface area contributed by atoms with Gasteiger partial charge in [-0.2, -0.15) is 0 Å². The first kappa shape index (κ1) is 21.1. The lowest BCUT2D eigenvalue weighted by atomic mass is 9.98. The van der Waals surface area contributed by atoms with Crippen molar-refractivity contribution < 1.29 is 9.53 Å². The van der Waals surface area contributed by atoms with Crippen LogP contribution in [0.1, 0.15) is 56.9 Å². The lowest BCUT2D eigenvalue weighted by Crippen LogP contribution is -2.40. The third kappa shape index (κ3) is 7.49. The van der Waals surface area contributed by atoms with Crippen molar-refractivity contribution in [3.8, 4) is 5.75 Å². The van der Waals surface area contributed by atoms with Crippen molar-refractivity contribution in [3.63, 3.8) is 0 Å². The Morgan fingerprint density at radius 2 is 1.85 bits per heavy atom. The van der Waals surface area contributed by atoms with Crippen LogP contribution in [0.5, 0.6) is 5.75 Å². The highest BCUT2D eigenvalue weighted by Crippen LogP contribution is 2.21. The molecule has 1 aromatic rings. The van der Waals surface area contributed by atoms with E-state index in [9.17, 15) is 4.79 Å². The molecule has 6 heteroatoms. The van der Waals surface area contributed by atoms with E-state index in [2.05, 4.69) is 40.0 Å². The molecular weight excluding hydrogens is 340 g/mol. The van der Waals surface area contributed by atoms with E-state index in [1.54, 1.807) is 14.2 Å². The minimum atomic E-state index is 0.123. The fraction of sp³-hybridized carbons (Fsp3) is 0.619. The largest absolute Gasteiger partial charge is 0.497 e. The maximum atomic E-state index is 12.0. The van der Waals surface area contributed by atoms with Crippen molar-refractivity contribution in [2.75, 3.05) is 27.2 Å². The van der Waals surface area contributed by atoms with Crippen molar-refractivity contribution in [1.82, 2.24) is 16.0 Å². The van der Waals surface area contributed by atoms with Gasteiger partial charge in [-0.3, -0.25) is 9.79 Å². The molecule has 0 saturated heterocycles. The number of ether oxygens (including phenoxy) is 1. The normalized spacial score (nSPS) is 16.0. The molecule has 27 heavy (non-hydrogen) atoms. The lowest BCUT2D eigenvalue weighted by molar-refractivity contribution is -0.121. The topological polar surface area (TPSA) is 74.8 Å². The molecule has 150 valence electrons. The van der Waals surface area contributed by atoms with Crippen molar-refractivity contribution in [2.24, 2.45) is 4.99 Å². The van der Waals surface area contributed by atoms with Gasteiger partial charge in [0.05, 0.1) is 7.11 Å². The number of nitrogens with zero attached hydrogens (tertiary/aromatic N) is 1. The molecule has 1 fully saturated rings. The highest BCUT2D eigenvalue weighted by molar-refractivity contribution is 5.81. The molecule has 2 rings (SSSR count). The second kappa shape index (κ2) is 11.5. The lowest BCUT2D eigenvalue weighted by Gasteiger charge is -2.16. The third-order valence-corrected chi connectivity index (χ3v) is 5.14. The molecule has 0 radical (unpaired) electrons. The molecule has 0 heterocycles. The number of carbonyl (C=O) groups is 1. The molecule has 0 spiro atoms. The number of benzene rings is 1. The van der Waals surface area contributed by atoms with E-state index >= 15 is 0 Å². The molecule has 0 aromatic heterocycles. The van der Waals surface area contributed by atoms with Crippen LogP contribution in [0.15, 0.2) is 29.3 Å². The van der Waals surface area contributed by atoms with Gasteiger partial charge in [0, 0.05) is 32.6 Å². The molecule has 1 saturated carbocycles. The van der Waals surface area contributed by atoms with Crippen LogP contribution in [0.3, 0.4) is 0 Å². The summed E-state index contributed by atoms with van der Waals surface area (Å²) < 4.78 is 5.20. The van der Waals surface area contributed by atoms with Crippen LogP contribution in [0, 0.1) is 0 Å². The Morgan fingerprint density at radius 1 is 1.19 bits per heavy atom. The summed E-state index contributed by atoms with van der Waals surface area (Å²) in [6, 6.07) is 8.60. The monoisotopic (exact) mass is 374 g/mol. The first-order valence-electron chi connectivity index (χ1n) is 10.00. The Morgan fingerprint density at radius 3 is 2.48 bits per heavy atom. The summed E-state index contributed by atoms with van der Waals surface area (Å²) in [6.45, 7) is 3.63. The maximum Gasteiger partial charge on any atom is 0.221 e. The van der Waals surface area contributed by atoms with E-state index in [0.29, 0.717) is 24.9 Å². The quantitative estimate of drug-likeness (QED) is 0.459. The van der Waals surface area contributed by atoms with E-state index in [0.717, 1.165) is 37.5 Å². The smallest absolute Gasteiger partial charge is 0.221 e. The average molecular weight is 375 g/mol. The molecular formula is C21H34N4O2.